The van der Waals surface area contributed by atoms with Crippen LogP contribution >= 0.6 is 79.7 Å². The number of carbonyl (C=O) groups excluding carboxylic acids is 1. The summed E-state index contributed by atoms with van der Waals surface area (Å²) >= 11 is 18.2. The summed E-state index contributed by atoms with van der Waals surface area (Å²) in [5, 5.41) is 1.07. The maximum absolute atomic E-state index is 14.0. The molecule has 3 aromatic carbocycles. The molecule has 2 heterocycles. The number of rotatable bonds is 7. The van der Waals surface area contributed by atoms with Crippen molar-refractivity contribution in [3.8, 4) is 5.75 Å². The number of allylic oxidation sites excluding steroid dienone is 1. The predicted octanol–water partition coefficient (Wildman–Crippen LogP) is 6.89. The van der Waals surface area contributed by atoms with Gasteiger partial charge in [-0.1, -0.05) is 77.9 Å². The molecule has 0 saturated heterocycles. The van der Waals surface area contributed by atoms with Crippen LogP contribution in [0.1, 0.15) is 36.1 Å². The number of hydrogen-bond acceptors (Lipinski definition) is 6. The first-order valence-electron chi connectivity index (χ1n) is 12.5. The lowest BCUT2D eigenvalue weighted by atomic mass is 9.95. The highest BCUT2D eigenvalue weighted by Crippen LogP contribution is 2.33. The number of fused-ring (bicyclic) bond motifs is 1. The second-order valence-electron chi connectivity index (χ2n) is 9.03. The molecule has 4 aromatic rings. The third-order valence-electron chi connectivity index (χ3n) is 6.48. The van der Waals surface area contributed by atoms with Crippen molar-refractivity contribution >= 4 is 91.8 Å². The first-order valence-corrected chi connectivity index (χ1v) is 16.2. The molecule has 41 heavy (non-hydrogen) atoms. The van der Waals surface area contributed by atoms with Crippen LogP contribution in [0.25, 0.3) is 6.08 Å². The molecule has 1 aliphatic rings. The SMILES string of the molecule is CCC1=C(C(=O)OC)[C@@H](c2ccccc2)n2c(s/c(=C/c3cc(I)cc(I)c3OCc3ccc(Cl)cc3Cl)c2=O)=N1. The Bertz CT molecular complexity index is 1870. The molecule has 5 rings (SSSR count). The molecule has 210 valence electrons. The summed E-state index contributed by atoms with van der Waals surface area (Å²) in [7, 11) is 1.34. The average molecular weight is 831 g/mol. The quantitative estimate of drug-likeness (QED) is 0.150. The first kappa shape index (κ1) is 30.3. The molecular weight excluding hydrogens is 809 g/mol. The van der Waals surface area contributed by atoms with Crippen molar-refractivity contribution in [2.75, 3.05) is 7.11 Å². The second-order valence-corrected chi connectivity index (χ2v) is 13.3. The molecule has 6 nitrogen and oxygen atoms in total. The molecule has 0 spiro atoms. The highest BCUT2D eigenvalue weighted by molar-refractivity contribution is 14.1. The molecule has 1 aliphatic heterocycles. The lowest BCUT2D eigenvalue weighted by Crippen LogP contribution is -2.40. The van der Waals surface area contributed by atoms with E-state index in [-0.39, 0.29) is 12.2 Å². The molecule has 0 saturated carbocycles. The Morgan fingerprint density at radius 1 is 1.12 bits per heavy atom. The molecular formula is C30H22Cl2I2N2O4S. The van der Waals surface area contributed by atoms with Crippen molar-refractivity contribution in [1.29, 1.82) is 0 Å². The maximum atomic E-state index is 14.0. The zero-order valence-corrected chi connectivity index (χ0v) is 28.4. The van der Waals surface area contributed by atoms with E-state index in [2.05, 4.69) is 45.2 Å². The van der Waals surface area contributed by atoms with Gasteiger partial charge in [-0.2, -0.15) is 0 Å². The Hall–Kier alpha value is -2.19. The van der Waals surface area contributed by atoms with Crippen LogP contribution in [-0.4, -0.2) is 17.6 Å². The lowest BCUT2D eigenvalue weighted by molar-refractivity contribution is -0.136. The van der Waals surface area contributed by atoms with Crippen LogP contribution in [0.5, 0.6) is 5.75 Å². The van der Waals surface area contributed by atoms with E-state index in [0.29, 0.717) is 42.8 Å². The predicted molar refractivity (Wildman–Crippen MR) is 180 cm³/mol. The molecule has 11 heteroatoms. The normalized spacial score (nSPS) is 15.0. The van der Waals surface area contributed by atoms with Gasteiger partial charge in [0.25, 0.3) is 5.56 Å². The van der Waals surface area contributed by atoms with E-state index >= 15 is 0 Å². The molecule has 0 bridgehead atoms. The zero-order valence-electron chi connectivity index (χ0n) is 21.8. The number of ether oxygens (including phenoxy) is 2. The van der Waals surface area contributed by atoms with Crippen LogP contribution in [0.2, 0.25) is 10.0 Å². The van der Waals surface area contributed by atoms with E-state index in [9.17, 15) is 9.59 Å². The van der Waals surface area contributed by atoms with Gasteiger partial charge < -0.3 is 9.47 Å². The van der Waals surface area contributed by atoms with Gasteiger partial charge in [-0.3, -0.25) is 9.36 Å². The minimum absolute atomic E-state index is 0.227. The number of aromatic nitrogens is 1. The van der Waals surface area contributed by atoms with Gasteiger partial charge in [-0.15, -0.1) is 0 Å². The van der Waals surface area contributed by atoms with Gasteiger partial charge in [-0.05, 0) is 87.5 Å². The van der Waals surface area contributed by atoms with Crippen molar-refractivity contribution in [3.63, 3.8) is 0 Å². The van der Waals surface area contributed by atoms with Gasteiger partial charge in [0, 0.05) is 24.7 Å². The number of thiazole rings is 1. The molecule has 0 unspecified atom stereocenters. The van der Waals surface area contributed by atoms with E-state index in [1.165, 1.54) is 18.4 Å². The van der Waals surface area contributed by atoms with E-state index in [1.807, 2.05) is 61.5 Å². The van der Waals surface area contributed by atoms with Gasteiger partial charge in [0.1, 0.15) is 12.4 Å². The maximum Gasteiger partial charge on any atom is 0.338 e. The molecule has 0 amide bonds. The zero-order chi connectivity index (χ0) is 29.3. The molecule has 0 aliphatic carbocycles. The Labute approximate surface area is 277 Å². The number of benzene rings is 3. The van der Waals surface area contributed by atoms with Crippen molar-refractivity contribution in [2.24, 2.45) is 4.99 Å². The largest absolute Gasteiger partial charge is 0.487 e. The topological polar surface area (TPSA) is 69.9 Å². The summed E-state index contributed by atoms with van der Waals surface area (Å²) in [4.78, 5) is 32.3. The van der Waals surface area contributed by atoms with E-state index < -0.39 is 12.0 Å². The lowest BCUT2D eigenvalue weighted by Gasteiger charge is -2.25. The number of methoxy groups -OCH3 is 1. The minimum Gasteiger partial charge on any atom is -0.487 e. The van der Waals surface area contributed by atoms with Crippen LogP contribution in [0.4, 0.5) is 0 Å². The fourth-order valence-corrected chi connectivity index (χ4v) is 8.10. The smallest absolute Gasteiger partial charge is 0.338 e. The van der Waals surface area contributed by atoms with Crippen LogP contribution in [-0.2, 0) is 16.1 Å². The van der Waals surface area contributed by atoms with Crippen LogP contribution < -0.4 is 19.6 Å². The minimum atomic E-state index is -0.657. The Kier molecular flexibility index (Phi) is 9.59. The summed E-state index contributed by atoms with van der Waals surface area (Å²) in [6.07, 6.45) is 2.33. The van der Waals surface area contributed by atoms with Crippen LogP contribution in [0.15, 0.2) is 81.7 Å². The highest BCUT2D eigenvalue weighted by Gasteiger charge is 2.33. The Balaban J connectivity index is 1.66. The number of nitrogens with zero attached hydrogens (tertiary/aromatic N) is 2. The average Bonchev–Trinajstić information content (AvgIpc) is 3.26. The van der Waals surface area contributed by atoms with Crippen LogP contribution in [0.3, 0.4) is 0 Å². The summed E-state index contributed by atoms with van der Waals surface area (Å²) < 4.78 is 15.3. The molecule has 0 N–H and O–H groups in total. The third kappa shape index (κ3) is 6.29. The molecule has 0 radical (unpaired) electrons. The van der Waals surface area contributed by atoms with Gasteiger partial charge >= 0.3 is 5.97 Å². The fourth-order valence-electron chi connectivity index (χ4n) is 4.58. The summed E-state index contributed by atoms with van der Waals surface area (Å²) in [5.41, 5.74) is 3.06. The van der Waals surface area contributed by atoms with Crippen LogP contribution in [0, 0.1) is 7.14 Å². The molecule has 1 aromatic heterocycles. The summed E-state index contributed by atoms with van der Waals surface area (Å²) in [6.45, 7) is 2.16. The van der Waals surface area contributed by atoms with Gasteiger partial charge in [-0.25, -0.2) is 9.79 Å². The highest BCUT2D eigenvalue weighted by atomic mass is 127. The van der Waals surface area contributed by atoms with Crippen molar-refractivity contribution in [1.82, 2.24) is 4.57 Å². The number of esters is 1. The van der Waals surface area contributed by atoms with E-state index in [1.54, 1.807) is 16.7 Å². The van der Waals surface area contributed by atoms with E-state index in [0.717, 1.165) is 23.8 Å². The Morgan fingerprint density at radius 2 is 1.88 bits per heavy atom. The standard InChI is InChI=1S/C30H22Cl2I2N2O4S/c1-3-23-25(29(38)39-2)26(16-7-5-4-6-8-16)36-28(37)24(41-30(36)35-23)12-18-11-20(33)14-22(34)27(18)40-15-17-9-10-19(31)13-21(17)32/h4-14,26H,3,15H2,1-2H3/b24-12+/t26-/m1/s1. The van der Waals surface area contributed by atoms with Gasteiger partial charge in [0.15, 0.2) is 4.80 Å². The number of hydrogen-bond donors (Lipinski definition) is 0. The summed E-state index contributed by atoms with van der Waals surface area (Å²) in [5.74, 6) is 0.129. The van der Waals surface area contributed by atoms with Gasteiger partial charge in [0.2, 0.25) is 0 Å². The van der Waals surface area contributed by atoms with Crippen molar-refractivity contribution < 1.29 is 14.3 Å². The second kappa shape index (κ2) is 13.0. The van der Waals surface area contributed by atoms with Crippen molar-refractivity contribution in [3.05, 3.63) is 125 Å². The third-order valence-corrected chi connectivity index (χ3v) is 9.47. The van der Waals surface area contributed by atoms with E-state index in [4.69, 9.17) is 37.7 Å². The Morgan fingerprint density at radius 3 is 2.56 bits per heavy atom. The van der Waals surface area contributed by atoms with Crippen molar-refractivity contribution in [2.45, 2.75) is 26.0 Å². The number of halogens is 4. The fraction of sp³-hybridized carbons (Fsp3) is 0.167. The first-order chi connectivity index (χ1) is 19.7. The monoisotopic (exact) mass is 830 g/mol. The van der Waals surface area contributed by atoms with Gasteiger partial charge in [0.05, 0.1) is 32.5 Å². The molecule has 1 atom stereocenters. The summed E-state index contributed by atoms with van der Waals surface area (Å²) in [6, 6.07) is 18.1. The molecule has 0 fully saturated rings. The number of carbonyl (C=O) groups is 1.